The Morgan fingerprint density at radius 3 is 2.26 bits per heavy atom. The van der Waals surface area contributed by atoms with E-state index >= 15 is 0 Å². The predicted octanol–water partition coefficient (Wildman–Crippen LogP) is 3.62. The van der Waals surface area contributed by atoms with Crippen molar-refractivity contribution in [1.82, 2.24) is 4.31 Å². The molecule has 0 saturated carbocycles. The Morgan fingerprint density at radius 1 is 0.968 bits per heavy atom. The van der Waals surface area contributed by atoms with E-state index in [2.05, 4.69) is 0 Å². The van der Waals surface area contributed by atoms with E-state index in [9.17, 15) is 18.3 Å². The fourth-order valence-corrected chi connectivity index (χ4v) is 5.74. The molecule has 4 rings (SSSR count). The van der Waals surface area contributed by atoms with Crippen molar-refractivity contribution in [3.8, 4) is 11.1 Å². The van der Waals surface area contributed by atoms with Gasteiger partial charge in [0.25, 0.3) is 0 Å². The van der Waals surface area contributed by atoms with Crippen LogP contribution < -0.4 is 4.90 Å². The van der Waals surface area contributed by atoms with Crippen LogP contribution >= 0.6 is 0 Å². The lowest BCUT2D eigenvalue weighted by atomic mass is 9.96. The number of hydrogen-bond donors (Lipinski definition) is 1. The average Bonchev–Trinajstić information content (AvgIpc) is 2.78. The van der Waals surface area contributed by atoms with Gasteiger partial charge in [-0.15, -0.1) is 0 Å². The maximum atomic E-state index is 13.9. The fourth-order valence-electron chi connectivity index (χ4n) is 3.95. The molecule has 0 saturated heterocycles. The van der Waals surface area contributed by atoms with Gasteiger partial charge in [0.05, 0.1) is 4.90 Å². The summed E-state index contributed by atoms with van der Waals surface area (Å²) in [7, 11) is -0.431. The maximum absolute atomic E-state index is 13.9. The number of fused-ring (bicyclic) bond motifs is 1. The standard InChI is InChI=1S/C24H24N2O4S/c1-25(2)20-12-13-21(17-8-4-3-5-9-17)23(15-20)31(29,30)26-16-19-11-7-6-10-18(19)14-22(26)24(27)28/h3-13,15,22H,14,16H2,1-2H3,(H,27,28)/t22-/m1/s1. The van der Waals surface area contributed by atoms with Crippen molar-refractivity contribution >= 4 is 21.7 Å². The number of hydrogen-bond acceptors (Lipinski definition) is 4. The molecule has 0 bridgehead atoms. The zero-order valence-corrected chi connectivity index (χ0v) is 18.2. The summed E-state index contributed by atoms with van der Waals surface area (Å²) in [6.45, 7) is 0.0237. The maximum Gasteiger partial charge on any atom is 0.322 e. The summed E-state index contributed by atoms with van der Waals surface area (Å²) >= 11 is 0. The van der Waals surface area contributed by atoms with Crippen molar-refractivity contribution in [2.75, 3.05) is 19.0 Å². The molecule has 6 nitrogen and oxygen atoms in total. The molecule has 3 aromatic carbocycles. The van der Waals surface area contributed by atoms with Crippen molar-refractivity contribution < 1.29 is 18.3 Å². The first kappa shape index (κ1) is 21.1. The molecule has 0 aromatic heterocycles. The molecule has 0 aliphatic carbocycles. The molecule has 0 radical (unpaired) electrons. The van der Waals surface area contributed by atoms with Gasteiger partial charge >= 0.3 is 5.97 Å². The van der Waals surface area contributed by atoms with Gasteiger partial charge in [-0.25, -0.2) is 8.42 Å². The highest BCUT2D eigenvalue weighted by Crippen LogP contribution is 2.36. The molecule has 1 heterocycles. The van der Waals surface area contributed by atoms with Crippen LogP contribution in [0.15, 0.2) is 77.7 Å². The van der Waals surface area contributed by atoms with E-state index in [1.807, 2.05) is 79.7 Å². The van der Waals surface area contributed by atoms with Crippen LogP contribution in [0.25, 0.3) is 11.1 Å². The molecular weight excluding hydrogens is 412 g/mol. The zero-order chi connectivity index (χ0) is 22.2. The third kappa shape index (κ3) is 3.94. The summed E-state index contributed by atoms with van der Waals surface area (Å²) in [4.78, 5) is 14.0. The second-order valence-corrected chi connectivity index (χ2v) is 9.68. The molecule has 1 atom stereocenters. The average molecular weight is 437 g/mol. The highest BCUT2D eigenvalue weighted by Gasteiger charge is 2.40. The lowest BCUT2D eigenvalue weighted by Gasteiger charge is -2.34. The SMILES string of the molecule is CN(C)c1ccc(-c2ccccc2)c(S(=O)(=O)N2Cc3ccccc3C[C@@H]2C(=O)O)c1. The Morgan fingerprint density at radius 2 is 1.61 bits per heavy atom. The van der Waals surface area contributed by atoms with Crippen LogP contribution in [0.5, 0.6) is 0 Å². The smallest absolute Gasteiger partial charge is 0.322 e. The Hall–Kier alpha value is -3.16. The Balaban J connectivity index is 1.89. The van der Waals surface area contributed by atoms with Crippen molar-refractivity contribution in [1.29, 1.82) is 0 Å². The highest BCUT2D eigenvalue weighted by molar-refractivity contribution is 7.89. The van der Waals surface area contributed by atoms with E-state index in [0.717, 1.165) is 26.7 Å². The Kier molecular flexibility index (Phi) is 5.56. The van der Waals surface area contributed by atoms with Gasteiger partial charge < -0.3 is 10.0 Å². The van der Waals surface area contributed by atoms with Crippen LogP contribution in [0.1, 0.15) is 11.1 Å². The molecule has 1 aliphatic heterocycles. The fraction of sp³-hybridized carbons (Fsp3) is 0.208. The van der Waals surface area contributed by atoms with Gasteiger partial charge in [-0.3, -0.25) is 4.79 Å². The van der Waals surface area contributed by atoms with E-state index in [1.54, 1.807) is 12.1 Å². The minimum Gasteiger partial charge on any atom is -0.480 e. The second-order valence-electron chi connectivity index (χ2n) is 7.82. The first-order chi connectivity index (χ1) is 14.8. The molecule has 3 aromatic rings. The number of anilines is 1. The summed E-state index contributed by atoms with van der Waals surface area (Å²) in [6, 6.07) is 20.8. The number of carboxylic acids is 1. The number of aliphatic carboxylic acids is 1. The van der Waals surface area contributed by atoms with E-state index in [1.165, 1.54) is 0 Å². The Bertz CT molecular complexity index is 1220. The van der Waals surface area contributed by atoms with Crippen molar-refractivity contribution in [3.63, 3.8) is 0 Å². The van der Waals surface area contributed by atoms with E-state index < -0.39 is 22.0 Å². The van der Waals surface area contributed by atoms with E-state index in [0.29, 0.717) is 5.56 Å². The quantitative estimate of drug-likeness (QED) is 0.661. The van der Waals surface area contributed by atoms with Crippen molar-refractivity contribution in [2.24, 2.45) is 0 Å². The molecule has 0 unspecified atom stereocenters. The molecule has 1 N–H and O–H groups in total. The zero-order valence-electron chi connectivity index (χ0n) is 17.4. The monoisotopic (exact) mass is 436 g/mol. The summed E-state index contributed by atoms with van der Waals surface area (Å²) in [6.07, 6.45) is 0.138. The molecule has 31 heavy (non-hydrogen) atoms. The molecule has 0 fully saturated rings. The molecule has 0 amide bonds. The summed E-state index contributed by atoms with van der Waals surface area (Å²) in [5, 5.41) is 9.86. The van der Waals surface area contributed by atoms with Crippen LogP contribution in [0.2, 0.25) is 0 Å². The molecule has 7 heteroatoms. The van der Waals surface area contributed by atoms with E-state index in [-0.39, 0.29) is 17.9 Å². The number of sulfonamides is 1. The van der Waals surface area contributed by atoms with Crippen molar-refractivity contribution in [2.45, 2.75) is 23.9 Å². The number of carbonyl (C=O) groups is 1. The number of carboxylic acid groups (broad SMARTS) is 1. The first-order valence-corrected chi connectivity index (χ1v) is 11.4. The highest BCUT2D eigenvalue weighted by atomic mass is 32.2. The lowest BCUT2D eigenvalue weighted by Crippen LogP contribution is -2.48. The number of rotatable bonds is 5. The number of benzene rings is 3. The third-order valence-electron chi connectivity index (χ3n) is 5.64. The topological polar surface area (TPSA) is 77.9 Å². The van der Waals surface area contributed by atoms with E-state index in [4.69, 9.17) is 0 Å². The van der Waals surface area contributed by atoms with Crippen LogP contribution in [0.4, 0.5) is 5.69 Å². The van der Waals surface area contributed by atoms with Gasteiger partial charge in [-0.2, -0.15) is 4.31 Å². The van der Waals surface area contributed by atoms with Gasteiger partial charge in [-0.1, -0.05) is 60.7 Å². The summed E-state index contributed by atoms with van der Waals surface area (Å²) in [5.74, 6) is -1.15. The molecule has 1 aliphatic rings. The second kappa shape index (κ2) is 8.17. The number of nitrogens with zero attached hydrogens (tertiary/aromatic N) is 2. The minimum absolute atomic E-state index is 0.0237. The van der Waals surface area contributed by atoms with Gasteiger partial charge in [0.15, 0.2) is 0 Å². The van der Waals surface area contributed by atoms with Gasteiger partial charge in [0, 0.05) is 38.3 Å². The largest absolute Gasteiger partial charge is 0.480 e. The summed E-state index contributed by atoms with van der Waals surface area (Å²) < 4.78 is 29.0. The Labute approximate surface area is 182 Å². The molecular formula is C24H24N2O4S. The van der Waals surface area contributed by atoms with Crippen LogP contribution in [0.3, 0.4) is 0 Å². The van der Waals surface area contributed by atoms with Gasteiger partial charge in [0.1, 0.15) is 6.04 Å². The minimum atomic E-state index is -4.11. The predicted molar refractivity (Wildman–Crippen MR) is 121 cm³/mol. The normalized spacial score (nSPS) is 16.5. The van der Waals surface area contributed by atoms with Crippen LogP contribution in [-0.2, 0) is 27.8 Å². The molecule has 0 spiro atoms. The van der Waals surface area contributed by atoms with Crippen LogP contribution in [0, 0.1) is 0 Å². The third-order valence-corrected chi connectivity index (χ3v) is 7.54. The van der Waals surface area contributed by atoms with Crippen molar-refractivity contribution in [3.05, 3.63) is 83.9 Å². The van der Waals surface area contributed by atoms with Crippen LogP contribution in [-0.4, -0.2) is 43.9 Å². The van der Waals surface area contributed by atoms with Gasteiger partial charge in [-0.05, 0) is 28.8 Å². The summed E-state index contributed by atoms with van der Waals surface area (Å²) in [5.41, 5.74) is 3.73. The first-order valence-electron chi connectivity index (χ1n) is 9.97. The van der Waals surface area contributed by atoms with Gasteiger partial charge in [0.2, 0.25) is 10.0 Å². The molecule has 160 valence electrons. The lowest BCUT2D eigenvalue weighted by molar-refractivity contribution is -0.141.